The Labute approximate surface area is 568 Å². The molecule has 0 bridgehead atoms. The van der Waals surface area contributed by atoms with E-state index in [2.05, 4.69) is 49.6 Å². The highest BCUT2D eigenvalue weighted by atomic mass is 16.7. The summed E-state index contributed by atoms with van der Waals surface area (Å²) in [4.78, 5) is 107. The molecule has 0 aromatic heterocycles. The van der Waals surface area contributed by atoms with Gasteiger partial charge in [-0.3, -0.25) is 0 Å². The van der Waals surface area contributed by atoms with Crippen LogP contribution in [0.3, 0.4) is 0 Å². The van der Waals surface area contributed by atoms with Crippen LogP contribution in [0.5, 0.6) is 34.5 Å². The number of benzene rings is 7. The summed E-state index contributed by atoms with van der Waals surface area (Å²) in [6.07, 6.45) is 0.352. The van der Waals surface area contributed by atoms with E-state index in [0.717, 1.165) is 33.4 Å². The van der Waals surface area contributed by atoms with E-state index in [1.807, 2.05) is 24.3 Å². The SMILES string of the molecule is C=C(C)C(=O)OCCc1ccc(C(=O)Oc2ccc(OC(=O)c3ccc(CCOC(=O)C(=C)C)cc3)c(C)c2)cc1.C=C(C)C(=O)OCOc1ccc(C(=O)Oc2ccc3c(c2)C(C)(C)c2cc(OC(=O)c4ccc(OCOC(=O)C(=C)C)cc4C)ccc2-3)c(C)c1.COC(=O)OC. The largest absolute Gasteiger partial charge is 0.507 e. The number of hydrogen-bond donors (Lipinski definition) is 0. The number of ether oxygens (including phenoxy) is 12. The summed E-state index contributed by atoms with van der Waals surface area (Å²) in [6.45, 7) is 29.6. The summed E-state index contributed by atoms with van der Waals surface area (Å²) in [5.74, 6) is -1.85. The van der Waals surface area contributed by atoms with Crippen LogP contribution in [-0.4, -0.2) is 94.9 Å². The van der Waals surface area contributed by atoms with E-state index >= 15 is 0 Å². The molecule has 0 atom stereocenters. The highest BCUT2D eigenvalue weighted by Gasteiger charge is 2.37. The summed E-state index contributed by atoms with van der Waals surface area (Å²) in [5.41, 5.74) is 9.69. The predicted octanol–water partition coefficient (Wildman–Crippen LogP) is 14.1. The van der Waals surface area contributed by atoms with Crippen LogP contribution in [0.25, 0.3) is 11.1 Å². The van der Waals surface area contributed by atoms with Crippen molar-refractivity contribution in [2.75, 3.05) is 41.0 Å². The lowest BCUT2D eigenvalue weighted by Crippen LogP contribution is -2.16. The Hall–Kier alpha value is -11.9. The van der Waals surface area contributed by atoms with E-state index in [-0.39, 0.29) is 37.9 Å². The third-order valence-electron chi connectivity index (χ3n) is 14.6. The molecule has 0 heterocycles. The first kappa shape index (κ1) is 75.2. The average molecular weight is 1340 g/mol. The zero-order valence-electron chi connectivity index (χ0n) is 56.4. The van der Waals surface area contributed by atoms with Gasteiger partial charge >= 0.3 is 53.9 Å². The molecular formula is C77H76O21. The Kier molecular flexibility index (Phi) is 26.9. The molecule has 0 aliphatic heterocycles. The highest BCUT2D eigenvalue weighted by Crippen LogP contribution is 2.51. The minimum absolute atomic E-state index is 0.214. The van der Waals surface area contributed by atoms with Crippen LogP contribution in [-0.2, 0) is 65.9 Å². The van der Waals surface area contributed by atoms with Crippen molar-refractivity contribution in [3.63, 3.8) is 0 Å². The van der Waals surface area contributed by atoms with E-state index in [1.54, 1.807) is 164 Å². The van der Waals surface area contributed by atoms with Crippen molar-refractivity contribution in [1.82, 2.24) is 0 Å². The van der Waals surface area contributed by atoms with Crippen molar-refractivity contribution < 1.29 is 100.0 Å². The minimum Gasteiger partial charge on any atom is -0.462 e. The lowest BCUT2D eigenvalue weighted by Gasteiger charge is -2.22. The molecule has 510 valence electrons. The molecule has 98 heavy (non-hydrogen) atoms. The molecule has 7 aromatic carbocycles. The fourth-order valence-corrected chi connectivity index (χ4v) is 9.20. The number of carbonyl (C=O) groups is 9. The van der Waals surface area contributed by atoms with Crippen LogP contribution in [0.4, 0.5) is 4.79 Å². The second-order valence-corrected chi connectivity index (χ2v) is 22.8. The van der Waals surface area contributed by atoms with Crippen molar-refractivity contribution in [1.29, 1.82) is 0 Å². The van der Waals surface area contributed by atoms with E-state index in [1.165, 1.54) is 14.2 Å². The number of hydrogen-bond acceptors (Lipinski definition) is 21. The standard InChI is InChI=1S/C41H38O10.C33H32O8.C3H6O3/c1-23(2)37(42)48-21-46-27-9-13-31(25(5)17-27)39(44)50-29-11-15-33-34-16-12-30(20-36(34)41(7,8)35(33)19-29)51-40(45)32-14-10-28(18-26(32)6)47-22-49-38(43)24(3)4;1-21(2)30(34)38-18-16-24-6-10-26(11-7-24)32(36)40-28-14-15-29(23(5)20-28)41-33(37)27-12-8-25(9-13-27)17-19-39-31(35)22(3)4;1-5-3(4)6-2/h9-20H,1,3,21-22H2,2,4-8H3;6-15,20H,1,3,16-19H2,2,4-5H3;1-2H3. The van der Waals surface area contributed by atoms with Crippen LogP contribution in [0.15, 0.2) is 188 Å². The lowest BCUT2D eigenvalue weighted by atomic mass is 9.82. The fraction of sp³-hybridized carbons (Fsp3) is 0.234. The van der Waals surface area contributed by atoms with Gasteiger partial charge in [0.2, 0.25) is 13.6 Å². The summed E-state index contributed by atoms with van der Waals surface area (Å²) in [7, 11) is 2.51. The number of esters is 8. The molecule has 0 saturated heterocycles. The number of rotatable bonds is 24. The van der Waals surface area contributed by atoms with E-state index < -0.39 is 59.3 Å². The maximum atomic E-state index is 13.2. The molecule has 8 rings (SSSR count). The quantitative estimate of drug-likeness (QED) is 0.0179. The molecule has 0 radical (unpaired) electrons. The van der Waals surface area contributed by atoms with Crippen LogP contribution < -0.4 is 28.4 Å². The molecular weight excluding hydrogens is 1260 g/mol. The maximum Gasteiger partial charge on any atom is 0.507 e. The predicted molar refractivity (Wildman–Crippen MR) is 361 cm³/mol. The molecule has 0 amide bonds. The summed E-state index contributed by atoms with van der Waals surface area (Å²) >= 11 is 0. The van der Waals surface area contributed by atoms with Crippen molar-refractivity contribution in [2.45, 2.75) is 80.6 Å². The second kappa shape index (κ2) is 35.0. The van der Waals surface area contributed by atoms with Crippen molar-refractivity contribution in [3.8, 4) is 45.6 Å². The van der Waals surface area contributed by atoms with Gasteiger partial charge in [-0.1, -0.05) is 76.6 Å². The summed E-state index contributed by atoms with van der Waals surface area (Å²) in [5, 5.41) is 0. The van der Waals surface area contributed by atoms with Crippen LogP contribution in [0.1, 0.15) is 122 Å². The van der Waals surface area contributed by atoms with Gasteiger partial charge in [-0.2, -0.15) is 0 Å². The Morgan fingerprint density at radius 2 is 0.714 bits per heavy atom. The first-order chi connectivity index (χ1) is 46.5. The number of carbonyl (C=O) groups excluding carboxylic acids is 9. The smallest absolute Gasteiger partial charge is 0.462 e. The first-order valence-corrected chi connectivity index (χ1v) is 30.4. The van der Waals surface area contributed by atoms with E-state index in [4.69, 9.17) is 47.4 Å². The first-order valence-electron chi connectivity index (χ1n) is 30.4. The Balaban J connectivity index is 0.000000291. The molecule has 0 spiro atoms. The highest BCUT2D eigenvalue weighted by molar-refractivity contribution is 5.95. The third-order valence-corrected chi connectivity index (χ3v) is 14.6. The van der Waals surface area contributed by atoms with E-state index in [0.29, 0.717) is 97.4 Å². The molecule has 0 saturated carbocycles. The molecule has 0 unspecified atom stereocenters. The Bertz CT molecular complexity index is 4060. The lowest BCUT2D eigenvalue weighted by molar-refractivity contribution is -0.146. The second-order valence-electron chi connectivity index (χ2n) is 22.8. The normalized spacial score (nSPS) is 11.1. The molecule has 21 heteroatoms. The van der Waals surface area contributed by atoms with Gasteiger partial charge in [-0.25, -0.2) is 43.2 Å². The molecule has 1 aliphatic rings. The molecule has 0 N–H and O–H groups in total. The van der Waals surface area contributed by atoms with Gasteiger partial charge in [0.25, 0.3) is 0 Å². The Morgan fingerprint density at radius 3 is 1.07 bits per heavy atom. The topological polar surface area (TPSA) is 264 Å². The minimum atomic E-state index is -0.657. The van der Waals surface area contributed by atoms with Crippen molar-refractivity contribution in [2.24, 2.45) is 0 Å². The molecule has 21 nitrogen and oxygen atoms in total. The van der Waals surface area contributed by atoms with Crippen molar-refractivity contribution >= 4 is 53.9 Å². The van der Waals surface area contributed by atoms with Gasteiger partial charge in [0, 0.05) is 40.5 Å². The van der Waals surface area contributed by atoms with Gasteiger partial charge in [-0.05, 0) is 202 Å². The van der Waals surface area contributed by atoms with Crippen LogP contribution in [0.2, 0.25) is 0 Å². The zero-order valence-corrected chi connectivity index (χ0v) is 56.4. The van der Waals surface area contributed by atoms with Gasteiger partial charge in [0.05, 0.1) is 49.7 Å². The van der Waals surface area contributed by atoms with Crippen LogP contribution >= 0.6 is 0 Å². The summed E-state index contributed by atoms with van der Waals surface area (Å²) in [6, 6.07) is 39.1. The van der Waals surface area contributed by atoms with E-state index in [9.17, 15) is 43.2 Å². The number of aryl methyl sites for hydroxylation is 3. The van der Waals surface area contributed by atoms with Crippen molar-refractivity contribution in [3.05, 3.63) is 249 Å². The van der Waals surface area contributed by atoms with Crippen LogP contribution in [0, 0.1) is 20.8 Å². The van der Waals surface area contributed by atoms with Gasteiger partial charge in [0.15, 0.2) is 0 Å². The number of fused-ring (bicyclic) bond motifs is 3. The van der Waals surface area contributed by atoms with Gasteiger partial charge < -0.3 is 56.8 Å². The molecule has 1 aliphatic carbocycles. The summed E-state index contributed by atoms with van der Waals surface area (Å²) < 4.78 is 61.7. The molecule has 7 aromatic rings. The average Bonchev–Trinajstić information content (AvgIpc) is 1.58. The third kappa shape index (κ3) is 21.3. The van der Waals surface area contributed by atoms with Gasteiger partial charge in [-0.15, -0.1) is 0 Å². The monoisotopic (exact) mass is 1340 g/mol. The number of methoxy groups -OCH3 is 2. The molecule has 0 fully saturated rings. The Morgan fingerprint density at radius 1 is 0.378 bits per heavy atom. The van der Waals surface area contributed by atoms with Gasteiger partial charge in [0.1, 0.15) is 34.5 Å². The maximum absolute atomic E-state index is 13.2. The zero-order chi connectivity index (χ0) is 72.0. The fourth-order valence-electron chi connectivity index (χ4n) is 9.20.